The summed E-state index contributed by atoms with van der Waals surface area (Å²) in [6.45, 7) is 8.76. The SMILES string of the molecule is Cc1ccc(CNC(=O)Cc2cccc(CC(C)(C)N)c2)cc1C. The highest BCUT2D eigenvalue weighted by atomic mass is 16.1. The van der Waals surface area contributed by atoms with Crippen molar-refractivity contribution in [2.24, 2.45) is 5.73 Å². The molecule has 2 aromatic rings. The molecule has 0 unspecified atom stereocenters. The van der Waals surface area contributed by atoms with Gasteiger partial charge in [-0.15, -0.1) is 0 Å². The molecule has 0 spiro atoms. The first-order valence-corrected chi connectivity index (χ1v) is 8.42. The summed E-state index contributed by atoms with van der Waals surface area (Å²) in [4.78, 5) is 12.2. The quantitative estimate of drug-likeness (QED) is 0.855. The van der Waals surface area contributed by atoms with E-state index in [0.29, 0.717) is 13.0 Å². The predicted octanol–water partition coefficient (Wildman–Crippen LogP) is 3.44. The molecule has 0 aliphatic rings. The monoisotopic (exact) mass is 324 g/mol. The fourth-order valence-electron chi connectivity index (χ4n) is 2.74. The van der Waals surface area contributed by atoms with Crippen LogP contribution in [0.5, 0.6) is 0 Å². The Balaban J connectivity index is 1.92. The van der Waals surface area contributed by atoms with Gasteiger partial charge in [0.2, 0.25) is 5.91 Å². The first-order valence-electron chi connectivity index (χ1n) is 8.42. The Kier molecular flexibility index (Phi) is 5.79. The van der Waals surface area contributed by atoms with Gasteiger partial charge in [-0.05, 0) is 61.9 Å². The van der Waals surface area contributed by atoms with E-state index in [0.717, 1.165) is 17.5 Å². The molecule has 2 rings (SSSR count). The van der Waals surface area contributed by atoms with Crippen molar-refractivity contribution < 1.29 is 4.79 Å². The van der Waals surface area contributed by atoms with Crippen molar-refractivity contribution in [3.63, 3.8) is 0 Å². The average molecular weight is 324 g/mol. The van der Waals surface area contributed by atoms with Gasteiger partial charge in [-0.2, -0.15) is 0 Å². The molecule has 1 amide bonds. The molecule has 3 heteroatoms. The van der Waals surface area contributed by atoms with E-state index >= 15 is 0 Å². The lowest BCUT2D eigenvalue weighted by Crippen LogP contribution is -2.34. The number of benzene rings is 2. The highest BCUT2D eigenvalue weighted by Crippen LogP contribution is 2.13. The Bertz CT molecular complexity index is 714. The van der Waals surface area contributed by atoms with Crippen LogP contribution < -0.4 is 11.1 Å². The van der Waals surface area contributed by atoms with Gasteiger partial charge in [0.05, 0.1) is 6.42 Å². The van der Waals surface area contributed by atoms with Crippen LogP contribution in [0.2, 0.25) is 0 Å². The molecule has 0 fully saturated rings. The van der Waals surface area contributed by atoms with Crippen LogP contribution in [0.4, 0.5) is 0 Å². The number of carbonyl (C=O) groups is 1. The summed E-state index contributed by atoms with van der Waals surface area (Å²) in [5.74, 6) is 0.0392. The second kappa shape index (κ2) is 7.63. The summed E-state index contributed by atoms with van der Waals surface area (Å²) in [5, 5.41) is 3.00. The van der Waals surface area contributed by atoms with Crippen molar-refractivity contribution in [1.82, 2.24) is 5.32 Å². The van der Waals surface area contributed by atoms with E-state index in [1.165, 1.54) is 16.7 Å². The molecule has 0 bridgehead atoms. The molecular weight excluding hydrogens is 296 g/mol. The average Bonchev–Trinajstić information content (AvgIpc) is 2.47. The molecule has 0 aliphatic heterocycles. The minimum Gasteiger partial charge on any atom is -0.352 e. The van der Waals surface area contributed by atoms with Gasteiger partial charge < -0.3 is 11.1 Å². The lowest BCUT2D eigenvalue weighted by Gasteiger charge is -2.18. The van der Waals surface area contributed by atoms with Gasteiger partial charge in [0.25, 0.3) is 0 Å². The molecule has 0 aromatic heterocycles. The molecule has 0 radical (unpaired) electrons. The summed E-state index contributed by atoms with van der Waals surface area (Å²) in [6.07, 6.45) is 1.19. The standard InChI is InChI=1S/C21H28N2O/c1-15-8-9-19(10-16(15)2)14-23-20(24)12-17-6-5-7-18(11-17)13-21(3,4)22/h5-11H,12-14,22H2,1-4H3,(H,23,24). The van der Waals surface area contributed by atoms with E-state index < -0.39 is 0 Å². The number of hydrogen-bond acceptors (Lipinski definition) is 2. The molecule has 0 atom stereocenters. The number of hydrogen-bond donors (Lipinski definition) is 2. The normalized spacial score (nSPS) is 11.4. The van der Waals surface area contributed by atoms with Gasteiger partial charge in [-0.1, -0.05) is 42.5 Å². The minimum absolute atomic E-state index is 0.0392. The second-order valence-electron chi connectivity index (χ2n) is 7.36. The minimum atomic E-state index is -0.246. The van der Waals surface area contributed by atoms with Crippen molar-refractivity contribution in [2.75, 3.05) is 0 Å². The van der Waals surface area contributed by atoms with E-state index in [1.54, 1.807) is 0 Å². The van der Waals surface area contributed by atoms with Gasteiger partial charge in [0, 0.05) is 12.1 Å². The molecular formula is C21H28N2O. The number of aryl methyl sites for hydroxylation is 2. The maximum atomic E-state index is 12.2. The Morgan fingerprint density at radius 1 is 1.00 bits per heavy atom. The van der Waals surface area contributed by atoms with Gasteiger partial charge in [0.15, 0.2) is 0 Å². The molecule has 2 aromatic carbocycles. The van der Waals surface area contributed by atoms with Crippen molar-refractivity contribution >= 4 is 5.91 Å². The summed E-state index contributed by atoms with van der Waals surface area (Å²) in [7, 11) is 0. The van der Waals surface area contributed by atoms with Crippen LogP contribution in [-0.2, 0) is 24.2 Å². The van der Waals surface area contributed by atoms with Crippen LogP contribution in [0, 0.1) is 13.8 Å². The summed E-state index contributed by atoms with van der Waals surface area (Å²) in [6, 6.07) is 14.4. The van der Waals surface area contributed by atoms with Crippen molar-refractivity contribution in [2.45, 2.75) is 52.6 Å². The Morgan fingerprint density at radius 2 is 1.71 bits per heavy atom. The number of nitrogens with one attached hydrogen (secondary N) is 1. The van der Waals surface area contributed by atoms with Crippen molar-refractivity contribution in [3.05, 3.63) is 70.3 Å². The van der Waals surface area contributed by atoms with Gasteiger partial charge in [-0.25, -0.2) is 0 Å². The van der Waals surface area contributed by atoms with Crippen LogP contribution >= 0.6 is 0 Å². The molecule has 128 valence electrons. The second-order valence-corrected chi connectivity index (χ2v) is 7.36. The van der Waals surface area contributed by atoms with Gasteiger partial charge in [-0.3, -0.25) is 4.79 Å². The Morgan fingerprint density at radius 3 is 2.38 bits per heavy atom. The third-order valence-corrected chi connectivity index (χ3v) is 4.08. The fraction of sp³-hybridized carbons (Fsp3) is 0.381. The molecule has 0 saturated carbocycles. The van der Waals surface area contributed by atoms with Crippen LogP contribution in [-0.4, -0.2) is 11.4 Å². The van der Waals surface area contributed by atoms with Crippen molar-refractivity contribution in [1.29, 1.82) is 0 Å². The number of nitrogens with two attached hydrogens (primary N) is 1. The van der Waals surface area contributed by atoms with E-state index in [2.05, 4.69) is 49.5 Å². The number of amides is 1. The molecule has 0 aliphatic carbocycles. The summed E-state index contributed by atoms with van der Waals surface area (Å²) >= 11 is 0. The van der Waals surface area contributed by atoms with E-state index in [4.69, 9.17) is 5.73 Å². The maximum Gasteiger partial charge on any atom is 0.224 e. The first-order chi connectivity index (χ1) is 11.2. The van der Waals surface area contributed by atoms with E-state index in [9.17, 15) is 4.79 Å². The lowest BCUT2D eigenvalue weighted by molar-refractivity contribution is -0.120. The molecule has 24 heavy (non-hydrogen) atoms. The molecule has 3 N–H and O–H groups in total. The topological polar surface area (TPSA) is 55.1 Å². The van der Waals surface area contributed by atoms with Gasteiger partial charge in [0.1, 0.15) is 0 Å². The van der Waals surface area contributed by atoms with Crippen LogP contribution in [0.1, 0.15) is 41.7 Å². The Hall–Kier alpha value is -2.13. The Labute approximate surface area is 145 Å². The smallest absolute Gasteiger partial charge is 0.224 e. The summed E-state index contributed by atoms with van der Waals surface area (Å²) in [5.41, 5.74) is 11.7. The highest BCUT2D eigenvalue weighted by molar-refractivity contribution is 5.78. The summed E-state index contributed by atoms with van der Waals surface area (Å²) < 4.78 is 0. The first kappa shape index (κ1) is 18.2. The number of rotatable bonds is 6. The highest BCUT2D eigenvalue weighted by Gasteiger charge is 2.12. The molecule has 0 saturated heterocycles. The fourth-order valence-corrected chi connectivity index (χ4v) is 2.74. The van der Waals surface area contributed by atoms with Crippen LogP contribution in [0.3, 0.4) is 0 Å². The molecule has 0 heterocycles. The predicted molar refractivity (Wildman–Crippen MR) is 99.9 cm³/mol. The zero-order valence-electron chi connectivity index (χ0n) is 15.1. The van der Waals surface area contributed by atoms with Gasteiger partial charge >= 0.3 is 0 Å². The third-order valence-electron chi connectivity index (χ3n) is 4.08. The van der Waals surface area contributed by atoms with E-state index in [-0.39, 0.29) is 11.4 Å². The largest absolute Gasteiger partial charge is 0.352 e. The van der Waals surface area contributed by atoms with E-state index in [1.807, 2.05) is 26.0 Å². The molecule has 3 nitrogen and oxygen atoms in total. The van der Waals surface area contributed by atoms with Crippen molar-refractivity contribution in [3.8, 4) is 0 Å². The lowest BCUT2D eigenvalue weighted by atomic mass is 9.94. The zero-order chi connectivity index (χ0) is 17.7. The number of carbonyl (C=O) groups excluding carboxylic acids is 1. The van der Waals surface area contributed by atoms with Crippen LogP contribution in [0.25, 0.3) is 0 Å². The third kappa shape index (κ3) is 5.82. The maximum absolute atomic E-state index is 12.2. The van der Waals surface area contributed by atoms with Crippen LogP contribution in [0.15, 0.2) is 42.5 Å². The zero-order valence-corrected chi connectivity index (χ0v) is 15.1.